The first-order valence-electron chi connectivity index (χ1n) is 6.87. The Balaban J connectivity index is 2.83. The number of thioether (sulfide) groups is 1. The van der Waals surface area contributed by atoms with E-state index in [4.69, 9.17) is 0 Å². The summed E-state index contributed by atoms with van der Waals surface area (Å²) in [6.45, 7) is 4.08. The van der Waals surface area contributed by atoms with Crippen LogP contribution in [0, 0.1) is 16.7 Å². The number of hydrogen-bond acceptors (Lipinski definition) is 3. The van der Waals surface area contributed by atoms with E-state index in [9.17, 15) is 10.1 Å². The maximum atomic E-state index is 12.7. The molecule has 0 N–H and O–H groups in total. The lowest BCUT2D eigenvalue weighted by Gasteiger charge is -2.33. The van der Waals surface area contributed by atoms with Gasteiger partial charge in [-0.3, -0.25) is 4.79 Å². The molecule has 1 fully saturated rings. The van der Waals surface area contributed by atoms with Crippen LogP contribution in [0.3, 0.4) is 0 Å². The van der Waals surface area contributed by atoms with Gasteiger partial charge >= 0.3 is 0 Å². The zero-order chi connectivity index (χ0) is 13.6. The SMILES string of the molecule is CCCC(C#N)(CCC)C(=O)N(C)C1CCSC1. The van der Waals surface area contributed by atoms with Crippen molar-refractivity contribution in [3.8, 4) is 6.07 Å². The van der Waals surface area contributed by atoms with Crippen LogP contribution in [0.4, 0.5) is 0 Å². The maximum Gasteiger partial charge on any atom is 0.243 e. The van der Waals surface area contributed by atoms with Crippen LogP contribution in [-0.4, -0.2) is 35.4 Å². The van der Waals surface area contributed by atoms with E-state index >= 15 is 0 Å². The highest BCUT2D eigenvalue weighted by Crippen LogP contribution is 2.33. The number of carbonyl (C=O) groups excluding carboxylic acids is 1. The number of nitrogens with zero attached hydrogens (tertiary/aromatic N) is 2. The van der Waals surface area contributed by atoms with Gasteiger partial charge in [-0.2, -0.15) is 17.0 Å². The summed E-state index contributed by atoms with van der Waals surface area (Å²) < 4.78 is 0. The van der Waals surface area contributed by atoms with Crippen molar-refractivity contribution in [3.05, 3.63) is 0 Å². The molecule has 0 aliphatic carbocycles. The summed E-state index contributed by atoms with van der Waals surface area (Å²) in [5.41, 5.74) is -0.786. The molecule has 1 saturated heterocycles. The molecule has 4 heteroatoms. The Hall–Kier alpha value is -0.690. The van der Waals surface area contributed by atoms with Gasteiger partial charge in [0.25, 0.3) is 0 Å². The molecule has 3 nitrogen and oxygen atoms in total. The van der Waals surface area contributed by atoms with Gasteiger partial charge in [0.15, 0.2) is 0 Å². The van der Waals surface area contributed by atoms with E-state index in [1.807, 2.05) is 37.6 Å². The first-order valence-corrected chi connectivity index (χ1v) is 8.03. The highest BCUT2D eigenvalue weighted by Gasteiger charge is 2.41. The molecule has 1 aliphatic heterocycles. The molecule has 0 aromatic carbocycles. The standard InChI is InChI=1S/C14H24N2OS/c1-4-7-14(11-15,8-5-2)13(17)16(3)12-6-9-18-10-12/h12H,4-10H2,1-3H3. The molecular formula is C14H24N2OS. The van der Waals surface area contributed by atoms with Gasteiger partial charge in [0.1, 0.15) is 5.41 Å². The Morgan fingerprint density at radius 1 is 1.44 bits per heavy atom. The first-order chi connectivity index (χ1) is 8.61. The van der Waals surface area contributed by atoms with Crippen LogP contribution in [-0.2, 0) is 4.79 Å². The van der Waals surface area contributed by atoms with Gasteiger partial charge in [-0.25, -0.2) is 0 Å². The monoisotopic (exact) mass is 268 g/mol. The van der Waals surface area contributed by atoms with Crippen molar-refractivity contribution in [1.29, 1.82) is 5.26 Å². The molecular weight excluding hydrogens is 244 g/mol. The summed E-state index contributed by atoms with van der Waals surface area (Å²) >= 11 is 1.90. The smallest absolute Gasteiger partial charge is 0.243 e. The fourth-order valence-electron chi connectivity index (χ4n) is 2.68. The lowest BCUT2D eigenvalue weighted by molar-refractivity contribution is -0.140. The van der Waals surface area contributed by atoms with Crippen molar-refractivity contribution in [3.63, 3.8) is 0 Å². The lowest BCUT2D eigenvalue weighted by Crippen LogP contribution is -2.46. The third-order valence-electron chi connectivity index (χ3n) is 3.75. The third-order valence-corrected chi connectivity index (χ3v) is 4.90. The summed E-state index contributed by atoms with van der Waals surface area (Å²) in [5, 5.41) is 9.50. The zero-order valence-corrected chi connectivity index (χ0v) is 12.6. The van der Waals surface area contributed by atoms with Crippen molar-refractivity contribution in [1.82, 2.24) is 4.90 Å². The average Bonchev–Trinajstić information content (AvgIpc) is 2.90. The second kappa shape index (κ2) is 7.04. The Bertz CT molecular complexity index is 312. The van der Waals surface area contributed by atoms with Crippen LogP contribution in [0.25, 0.3) is 0 Å². The molecule has 1 amide bonds. The molecule has 0 aromatic rings. The minimum atomic E-state index is -0.786. The van der Waals surface area contributed by atoms with Gasteiger partial charge in [-0.15, -0.1) is 0 Å². The zero-order valence-electron chi connectivity index (χ0n) is 11.7. The highest BCUT2D eigenvalue weighted by atomic mass is 32.2. The van der Waals surface area contributed by atoms with E-state index in [-0.39, 0.29) is 5.91 Å². The molecule has 0 radical (unpaired) electrons. The minimum absolute atomic E-state index is 0.0428. The van der Waals surface area contributed by atoms with Crippen LogP contribution in [0.2, 0.25) is 0 Å². The predicted molar refractivity (Wildman–Crippen MR) is 76.4 cm³/mol. The molecule has 1 aliphatic rings. The van der Waals surface area contributed by atoms with Crippen molar-refractivity contribution in [2.75, 3.05) is 18.6 Å². The van der Waals surface area contributed by atoms with Gasteiger partial charge in [0.2, 0.25) is 5.91 Å². The summed E-state index contributed by atoms with van der Waals surface area (Å²) in [6.07, 6.45) is 4.19. The quantitative estimate of drug-likeness (QED) is 0.743. The molecule has 1 rings (SSSR count). The highest BCUT2D eigenvalue weighted by molar-refractivity contribution is 7.99. The summed E-state index contributed by atoms with van der Waals surface area (Å²) in [5.74, 6) is 2.19. The van der Waals surface area contributed by atoms with Gasteiger partial charge in [-0.05, 0) is 25.0 Å². The summed E-state index contributed by atoms with van der Waals surface area (Å²) in [6, 6.07) is 2.65. The predicted octanol–water partition coefficient (Wildman–Crippen LogP) is 3.06. The molecule has 1 unspecified atom stereocenters. The van der Waals surface area contributed by atoms with E-state index in [1.165, 1.54) is 0 Å². The van der Waals surface area contributed by atoms with E-state index in [0.29, 0.717) is 18.9 Å². The normalized spacial score (nSPS) is 19.6. The lowest BCUT2D eigenvalue weighted by atomic mass is 9.79. The maximum absolute atomic E-state index is 12.7. The van der Waals surface area contributed by atoms with Crippen molar-refractivity contribution in [2.45, 2.75) is 52.0 Å². The van der Waals surface area contributed by atoms with Gasteiger partial charge in [-0.1, -0.05) is 26.7 Å². The van der Waals surface area contributed by atoms with Crippen molar-refractivity contribution < 1.29 is 4.79 Å². The third kappa shape index (κ3) is 3.20. The van der Waals surface area contributed by atoms with Crippen LogP contribution >= 0.6 is 11.8 Å². The molecule has 0 bridgehead atoms. The van der Waals surface area contributed by atoms with E-state index in [2.05, 4.69) is 6.07 Å². The molecule has 1 heterocycles. The Morgan fingerprint density at radius 2 is 2.06 bits per heavy atom. The summed E-state index contributed by atoms with van der Waals surface area (Å²) in [7, 11) is 1.87. The van der Waals surface area contributed by atoms with Gasteiger partial charge in [0.05, 0.1) is 6.07 Å². The van der Waals surface area contributed by atoms with Gasteiger partial charge < -0.3 is 4.90 Å². The Morgan fingerprint density at radius 3 is 2.44 bits per heavy atom. The first kappa shape index (κ1) is 15.4. The van der Waals surface area contributed by atoms with Crippen LogP contribution in [0.5, 0.6) is 0 Å². The average molecular weight is 268 g/mol. The van der Waals surface area contributed by atoms with Crippen LogP contribution in [0.1, 0.15) is 46.0 Å². The fourth-order valence-corrected chi connectivity index (χ4v) is 3.95. The van der Waals surface area contributed by atoms with Crippen LogP contribution in [0.15, 0.2) is 0 Å². The Labute approximate surface area is 115 Å². The fraction of sp³-hybridized carbons (Fsp3) is 0.857. The largest absolute Gasteiger partial charge is 0.341 e. The van der Waals surface area contributed by atoms with E-state index < -0.39 is 5.41 Å². The Kier molecular flexibility index (Phi) is 6.01. The van der Waals surface area contributed by atoms with E-state index in [1.54, 1.807) is 0 Å². The van der Waals surface area contributed by atoms with Crippen molar-refractivity contribution >= 4 is 17.7 Å². The molecule has 1 atom stereocenters. The number of amides is 1. The molecule has 0 aromatic heterocycles. The molecule has 0 spiro atoms. The minimum Gasteiger partial charge on any atom is -0.341 e. The second-order valence-electron chi connectivity index (χ2n) is 5.13. The molecule has 0 saturated carbocycles. The van der Waals surface area contributed by atoms with Crippen molar-refractivity contribution in [2.24, 2.45) is 5.41 Å². The summed E-state index contributed by atoms with van der Waals surface area (Å²) in [4.78, 5) is 14.5. The number of rotatable bonds is 6. The number of carbonyl (C=O) groups is 1. The van der Waals surface area contributed by atoms with E-state index in [0.717, 1.165) is 30.8 Å². The molecule has 18 heavy (non-hydrogen) atoms. The molecule has 102 valence electrons. The second-order valence-corrected chi connectivity index (χ2v) is 6.28. The van der Waals surface area contributed by atoms with Crippen LogP contribution < -0.4 is 0 Å². The van der Waals surface area contributed by atoms with Gasteiger partial charge in [0, 0.05) is 18.8 Å². The number of nitriles is 1. The number of hydrogen-bond donors (Lipinski definition) is 0. The topological polar surface area (TPSA) is 44.1 Å².